The molecule has 1 fully saturated rings. The third-order valence-electron chi connectivity index (χ3n) is 3.77. The molecular formula is C15H15FN2O4. The lowest BCUT2D eigenvalue weighted by molar-refractivity contribution is -0.482. The summed E-state index contributed by atoms with van der Waals surface area (Å²) in [5.74, 6) is -0.897. The summed E-state index contributed by atoms with van der Waals surface area (Å²) in [5.41, 5.74) is 0.894. The number of halogens is 1. The number of fused-ring (bicyclic) bond motifs is 1. The van der Waals surface area contributed by atoms with Gasteiger partial charge in [0.05, 0.1) is 18.8 Å². The lowest BCUT2D eigenvalue weighted by Gasteiger charge is -2.18. The molecule has 1 unspecified atom stereocenters. The molecule has 0 radical (unpaired) electrons. The van der Waals surface area contributed by atoms with Gasteiger partial charge < -0.3 is 9.47 Å². The zero-order chi connectivity index (χ0) is 15.7. The topological polar surface area (TPSA) is 74.5 Å². The van der Waals surface area contributed by atoms with E-state index in [1.54, 1.807) is 25.4 Å². The van der Waals surface area contributed by atoms with Crippen LogP contribution in [0.4, 0.5) is 4.39 Å². The Hall–Kier alpha value is -2.12. The maximum absolute atomic E-state index is 14.6. The van der Waals surface area contributed by atoms with Crippen LogP contribution in [0.15, 0.2) is 24.5 Å². The van der Waals surface area contributed by atoms with Gasteiger partial charge in [-0.05, 0) is 23.1 Å². The average molecular weight is 306 g/mol. The number of benzene rings is 1. The van der Waals surface area contributed by atoms with Crippen molar-refractivity contribution in [2.75, 3.05) is 19.8 Å². The first-order valence-electron chi connectivity index (χ1n) is 6.99. The molecule has 6 nitrogen and oxygen atoms in total. The highest BCUT2D eigenvalue weighted by molar-refractivity contribution is 5.88. The van der Waals surface area contributed by atoms with Gasteiger partial charge in [0.1, 0.15) is 5.82 Å². The number of aromatic nitrogens is 1. The van der Waals surface area contributed by atoms with Crippen LogP contribution in [0.2, 0.25) is 0 Å². The van der Waals surface area contributed by atoms with E-state index in [0.29, 0.717) is 35.1 Å². The van der Waals surface area contributed by atoms with E-state index in [9.17, 15) is 14.5 Å². The highest BCUT2D eigenvalue weighted by Crippen LogP contribution is 2.36. The molecule has 1 aromatic carbocycles. The van der Waals surface area contributed by atoms with Crippen molar-refractivity contribution in [1.82, 2.24) is 4.98 Å². The lowest BCUT2D eigenvalue weighted by atomic mass is 9.92. The molecule has 0 N–H and O–H groups in total. The molecule has 3 rings (SSSR count). The van der Waals surface area contributed by atoms with Crippen LogP contribution < -0.4 is 0 Å². The summed E-state index contributed by atoms with van der Waals surface area (Å²) in [6.07, 6.45) is 2.41. The Bertz CT molecular complexity index is 716. The predicted octanol–water partition coefficient (Wildman–Crippen LogP) is 2.80. The van der Waals surface area contributed by atoms with Gasteiger partial charge in [0, 0.05) is 28.6 Å². The predicted molar refractivity (Wildman–Crippen MR) is 76.6 cm³/mol. The SMILES string of the molecule is CC(C[N+](=O)[O-])c1cc(F)c(C2OCCO2)c2ccncc12. The smallest absolute Gasteiger partial charge is 0.210 e. The largest absolute Gasteiger partial charge is 0.346 e. The van der Waals surface area contributed by atoms with Crippen molar-refractivity contribution >= 4 is 10.8 Å². The van der Waals surface area contributed by atoms with E-state index in [-0.39, 0.29) is 6.54 Å². The van der Waals surface area contributed by atoms with Crippen LogP contribution >= 0.6 is 0 Å². The number of rotatable bonds is 4. The Morgan fingerprint density at radius 3 is 2.86 bits per heavy atom. The third-order valence-corrected chi connectivity index (χ3v) is 3.77. The van der Waals surface area contributed by atoms with Crippen LogP contribution in [-0.4, -0.2) is 29.7 Å². The van der Waals surface area contributed by atoms with Gasteiger partial charge in [-0.15, -0.1) is 0 Å². The van der Waals surface area contributed by atoms with Gasteiger partial charge >= 0.3 is 0 Å². The van der Waals surface area contributed by atoms with E-state index >= 15 is 0 Å². The zero-order valence-electron chi connectivity index (χ0n) is 12.0. The van der Waals surface area contributed by atoms with Crippen molar-refractivity contribution in [3.8, 4) is 0 Å². The van der Waals surface area contributed by atoms with Gasteiger partial charge in [-0.2, -0.15) is 0 Å². The molecule has 2 heterocycles. The first-order valence-corrected chi connectivity index (χ1v) is 6.99. The van der Waals surface area contributed by atoms with Gasteiger partial charge in [-0.1, -0.05) is 6.92 Å². The highest BCUT2D eigenvalue weighted by Gasteiger charge is 2.27. The standard InChI is InChI=1S/C15H15FN2O4/c1-9(8-18(19)20)11-6-13(16)14(15-21-4-5-22-15)10-2-3-17-7-12(10)11/h2-3,6-7,9,15H,4-5,8H2,1H3. The summed E-state index contributed by atoms with van der Waals surface area (Å²) in [5, 5.41) is 12.0. The molecule has 1 aliphatic rings. The van der Waals surface area contributed by atoms with E-state index in [4.69, 9.17) is 9.47 Å². The molecule has 2 aromatic rings. The first-order chi connectivity index (χ1) is 10.6. The quantitative estimate of drug-likeness (QED) is 0.641. The molecule has 22 heavy (non-hydrogen) atoms. The normalized spacial score (nSPS) is 17.0. The Morgan fingerprint density at radius 1 is 1.45 bits per heavy atom. The van der Waals surface area contributed by atoms with Crippen molar-refractivity contribution in [3.63, 3.8) is 0 Å². The summed E-state index contributed by atoms with van der Waals surface area (Å²) >= 11 is 0. The molecule has 1 aliphatic heterocycles. The fraction of sp³-hybridized carbons (Fsp3) is 0.400. The van der Waals surface area contributed by atoms with E-state index < -0.39 is 22.9 Å². The van der Waals surface area contributed by atoms with Crippen molar-refractivity contribution in [2.45, 2.75) is 19.1 Å². The van der Waals surface area contributed by atoms with E-state index in [0.717, 1.165) is 0 Å². The number of ether oxygens (including phenoxy) is 2. The molecule has 1 atom stereocenters. The molecule has 116 valence electrons. The van der Waals surface area contributed by atoms with Gasteiger partial charge in [0.2, 0.25) is 6.54 Å². The van der Waals surface area contributed by atoms with Crippen molar-refractivity contribution in [3.05, 3.63) is 51.6 Å². The van der Waals surface area contributed by atoms with Crippen LogP contribution in [0.25, 0.3) is 10.8 Å². The van der Waals surface area contributed by atoms with Crippen molar-refractivity contribution in [1.29, 1.82) is 0 Å². The Labute approximate surface area is 126 Å². The van der Waals surface area contributed by atoms with Crippen LogP contribution in [0.3, 0.4) is 0 Å². The Kier molecular flexibility index (Phi) is 4.00. The monoisotopic (exact) mass is 306 g/mol. The molecule has 1 aromatic heterocycles. The molecule has 1 saturated heterocycles. The highest BCUT2D eigenvalue weighted by atomic mass is 19.1. The molecule has 0 amide bonds. The summed E-state index contributed by atoms with van der Waals surface area (Å²) in [7, 11) is 0. The van der Waals surface area contributed by atoms with Crippen molar-refractivity contribution in [2.24, 2.45) is 0 Å². The van der Waals surface area contributed by atoms with Crippen LogP contribution in [0.1, 0.15) is 30.3 Å². The molecular weight excluding hydrogens is 291 g/mol. The number of nitro groups is 1. The number of hydrogen-bond donors (Lipinski definition) is 0. The summed E-state index contributed by atoms with van der Waals surface area (Å²) in [6, 6.07) is 3.01. The summed E-state index contributed by atoms with van der Waals surface area (Å²) < 4.78 is 25.4. The molecule has 7 heteroatoms. The van der Waals surface area contributed by atoms with Gasteiger partial charge in [0.25, 0.3) is 0 Å². The summed E-state index contributed by atoms with van der Waals surface area (Å²) in [6.45, 7) is 2.26. The minimum Gasteiger partial charge on any atom is -0.346 e. The molecule has 0 aliphatic carbocycles. The second-order valence-electron chi connectivity index (χ2n) is 5.27. The number of pyridine rings is 1. The maximum Gasteiger partial charge on any atom is 0.210 e. The van der Waals surface area contributed by atoms with Crippen molar-refractivity contribution < 1.29 is 18.8 Å². The summed E-state index contributed by atoms with van der Waals surface area (Å²) in [4.78, 5) is 14.4. The van der Waals surface area contributed by atoms with E-state index in [2.05, 4.69) is 4.98 Å². The minimum absolute atomic E-state index is 0.265. The van der Waals surface area contributed by atoms with E-state index in [1.165, 1.54) is 6.07 Å². The Balaban J connectivity index is 2.16. The fourth-order valence-electron chi connectivity index (χ4n) is 2.77. The van der Waals surface area contributed by atoms with Gasteiger partial charge in [-0.25, -0.2) is 4.39 Å². The third kappa shape index (κ3) is 2.65. The lowest BCUT2D eigenvalue weighted by Crippen LogP contribution is -2.12. The molecule has 0 bridgehead atoms. The average Bonchev–Trinajstić information content (AvgIpc) is 2.99. The van der Waals surface area contributed by atoms with E-state index in [1.807, 2.05) is 0 Å². The second-order valence-corrected chi connectivity index (χ2v) is 5.27. The van der Waals surface area contributed by atoms with Crippen LogP contribution in [0, 0.1) is 15.9 Å². The second kappa shape index (κ2) is 5.94. The number of hydrogen-bond acceptors (Lipinski definition) is 5. The first kappa shape index (κ1) is 14.8. The fourth-order valence-corrected chi connectivity index (χ4v) is 2.77. The van der Waals surface area contributed by atoms with Gasteiger partial charge in [0.15, 0.2) is 6.29 Å². The van der Waals surface area contributed by atoms with Crippen LogP contribution in [-0.2, 0) is 9.47 Å². The number of nitrogens with zero attached hydrogens (tertiary/aromatic N) is 2. The molecule has 0 saturated carbocycles. The van der Waals surface area contributed by atoms with Gasteiger partial charge in [-0.3, -0.25) is 15.1 Å². The maximum atomic E-state index is 14.6. The zero-order valence-corrected chi connectivity index (χ0v) is 12.0. The van der Waals surface area contributed by atoms with Crippen LogP contribution in [0.5, 0.6) is 0 Å². The minimum atomic E-state index is -0.746. The molecule has 0 spiro atoms. The Morgan fingerprint density at radius 2 is 2.18 bits per heavy atom.